The number of aromatic nitrogens is 5. The number of hydrogen-bond donors (Lipinski definition) is 3. The number of pyridine rings is 1. The molecule has 0 aromatic carbocycles. The smallest absolute Gasteiger partial charge is 0.254 e. The lowest BCUT2D eigenvalue weighted by atomic mass is 9.81. The van der Waals surface area contributed by atoms with Gasteiger partial charge in [-0.15, -0.1) is 11.8 Å². The van der Waals surface area contributed by atoms with E-state index in [1.54, 1.807) is 24.2 Å². The minimum atomic E-state index is 0.126. The van der Waals surface area contributed by atoms with Crippen molar-refractivity contribution in [2.75, 3.05) is 16.4 Å². The van der Waals surface area contributed by atoms with Gasteiger partial charge >= 0.3 is 0 Å². The molecule has 2 bridgehead atoms. The summed E-state index contributed by atoms with van der Waals surface area (Å²) in [6, 6.07) is 6.31. The van der Waals surface area contributed by atoms with Crippen LogP contribution in [0.2, 0.25) is 0 Å². The molecule has 10 heteroatoms. The molecule has 176 valence electrons. The van der Waals surface area contributed by atoms with E-state index in [0.717, 1.165) is 71.3 Å². The highest BCUT2D eigenvalue weighted by atomic mass is 32.2. The summed E-state index contributed by atoms with van der Waals surface area (Å²) in [5.74, 6) is 3.39. The summed E-state index contributed by atoms with van der Waals surface area (Å²) in [6.07, 6.45) is 9.39. The molecular formula is C24H28N8OS. The molecule has 0 radical (unpaired) electrons. The number of fused-ring (bicyclic) bond motifs is 3. The first-order valence-corrected chi connectivity index (χ1v) is 12.9. The molecule has 6 rings (SSSR count). The van der Waals surface area contributed by atoms with Gasteiger partial charge < -0.3 is 15.5 Å². The quantitative estimate of drug-likeness (QED) is 0.475. The molecule has 9 nitrogen and oxygen atoms in total. The number of nitrogens with zero attached hydrogens (tertiary/aromatic N) is 5. The summed E-state index contributed by atoms with van der Waals surface area (Å²) in [4.78, 5) is 29.1. The molecule has 2 fully saturated rings. The van der Waals surface area contributed by atoms with E-state index < -0.39 is 0 Å². The summed E-state index contributed by atoms with van der Waals surface area (Å²) in [6.45, 7) is 1.98. The molecule has 1 unspecified atom stereocenters. The maximum absolute atomic E-state index is 13.3. The van der Waals surface area contributed by atoms with Gasteiger partial charge in [0.2, 0.25) is 5.95 Å². The minimum absolute atomic E-state index is 0.126. The third-order valence-electron chi connectivity index (χ3n) is 6.98. The van der Waals surface area contributed by atoms with Gasteiger partial charge in [0.05, 0.1) is 0 Å². The van der Waals surface area contributed by atoms with E-state index in [2.05, 4.69) is 30.7 Å². The predicted octanol–water partition coefficient (Wildman–Crippen LogP) is 3.93. The number of hydrogen-bond acceptors (Lipinski definition) is 8. The van der Waals surface area contributed by atoms with Crippen LogP contribution in [0.3, 0.4) is 0 Å². The molecule has 34 heavy (non-hydrogen) atoms. The van der Waals surface area contributed by atoms with Gasteiger partial charge in [0.15, 0.2) is 5.82 Å². The van der Waals surface area contributed by atoms with E-state index in [1.165, 1.54) is 6.42 Å². The van der Waals surface area contributed by atoms with Gasteiger partial charge in [0.25, 0.3) is 5.91 Å². The van der Waals surface area contributed by atoms with Gasteiger partial charge in [-0.2, -0.15) is 10.1 Å². The first-order valence-electron chi connectivity index (χ1n) is 12.0. The van der Waals surface area contributed by atoms with Crippen molar-refractivity contribution >= 4 is 35.3 Å². The van der Waals surface area contributed by atoms with Crippen molar-refractivity contribution in [1.29, 1.82) is 0 Å². The van der Waals surface area contributed by atoms with Crippen molar-refractivity contribution in [3.8, 4) is 0 Å². The Kier molecular flexibility index (Phi) is 5.60. The summed E-state index contributed by atoms with van der Waals surface area (Å²) in [5, 5.41) is 15.3. The van der Waals surface area contributed by atoms with Crippen LogP contribution < -0.4 is 10.6 Å². The average molecular weight is 477 g/mol. The van der Waals surface area contributed by atoms with Crippen molar-refractivity contribution in [1.82, 2.24) is 30.0 Å². The van der Waals surface area contributed by atoms with Crippen molar-refractivity contribution in [3.63, 3.8) is 0 Å². The Hall–Kier alpha value is -3.14. The summed E-state index contributed by atoms with van der Waals surface area (Å²) >= 11 is 1.78. The molecule has 3 aromatic heterocycles. The zero-order valence-electron chi connectivity index (χ0n) is 19.1. The Bertz CT molecular complexity index is 1180. The second-order valence-electron chi connectivity index (χ2n) is 9.34. The molecule has 2 saturated heterocycles. The molecule has 3 atom stereocenters. The van der Waals surface area contributed by atoms with Crippen LogP contribution in [-0.4, -0.2) is 59.8 Å². The average Bonchev–Trinajstić information content (AvgIpc) is 3.47. The van der Waals surface area contributed by atoms with Crippen LogP contribution in [0, 0.1) is 6.92 Å². The molecule has 1 amide bonds. The van der Waals surface area contributed by atoms with Crippen LogP contribution in [-0.2, 0) is 6.42 Å². The Morgan fingerprint density at radius 2 is 1.97 bits per heavy atom. The Morgan fingerprint density at radius 1 is 1.18 bits per heavy atom. The molecule has 6 heterocycles. The fraction of sp³-hybridized carbons (Fsp3) is 0.458. The van der Waals surface area contributed by atoms with Crippen LogP contribution in [0.5, 0.6) is 0 Å². The maximum atomic E-state index is 13.3. The van der Waals surface area contributed by atoms with E-state index in [0.29, 0.717) is 5.95 Å². The molecule has 0 saturated carbocycles. The number of carbonyl (C=O) groups is 1. The van der Waals surface area contributed by atoms with Gasteiger partial charge in [-0.1, -0.05) is 0 Å². The van der Waals surface area contributed by atoms with E-state index in [4.69, 9.17) is 9.97 Å². The number of aromatic amines is 1. The number of anilines is 3. The normalized spacial score (nSPS) is 23.4. The second-order valence-corrected chi connectivity index (χ2v) is 10.4. The van der Waals surface area contributed by atoms with E-state index >= 15 is 0 Å². The number of carbonyl (C=O) groups excluding carboxylic acids is 1. The standard InChI is InChI=1S/C24H28N8OS/c1-14-11-20(31-30-14)27-21-19-7-10-34-22(19)29-24(28-21)26-16-12-17-3-2-4-18(13-16)32(17)23(33)15-5-8-25-9-6-15/h5-6,8-9,11,16-18H,2-4,7,10,12-13H2,1H3,(H3,26,27,28,29,30,31)/t16?,17-,18+. The summed E-state index contributed by atoms with van der Waals surface area (Å²) in [7, 11) is 0. The van der Waals surface area contributed by atoms with Crippen molar-refractivity contribution in [2.45, 2.75) is 68.6 Å². The van der Waals surface area contributed by atoms with E-state index in [-0.39, 0.29) is 24.0 Å². The fourth-order valence-electron chi connectivity index (χ4n) is 5.49. The van der Waals surface area contributed by atoms with E-state index in [1.807, 2.05) is 25.1 Å². The largest absolute Gasteiger partial charge is 0.351 e. The predicted molar refractivity (Wildman–Crippen MR) is 132 cm³/mol. The zero-order valence-corrected chi connectivity index (χ0v) is 19.9. The molecule has 3 N–H and O–H groups in total. The maximum Gasteiger partial charge on any atom is 0.254 e. The first kappa shape index (κ1) is 21.4. The number of piperidine rings is 2. The van der Waals surface area contributed by atoms with Gasteiger partial charge in [0, 0.05) is 59.2 Å². The molecule has 0 spiro atoms. The second kappa shape index (κ2) is 8.90. The third kappa shape index (κ3) is 4.11. The monoisotopic (exact) mass is 476 g/mol. The topological polar surface area (TPSA) is 112 Å². The highest BCUT2D eigenvalue weighted by molar-refractivity contribution is 7.99. The first-order chi connectivity index (χ1) is 16.6. The van der Waals surface area contributed by atoms with Gasteiger partial charge in [-0.05, 0) is 57.6 Å². The summed E-state index contributed by atoms with van der Waals surface area (Å²) < 4.78 is 0. The van der Waals surface area contributed by atoms with Crippen LogP contribution in [0.4, 0.5) is 17.6 Å². The lowest BCUT2D eigenvalue weighted by Crippen LogP contribution is -2.57. The lowest BCUT2D eigenvalue weighted by Gasteiger charge is -2.49. The fourth-order valence-corrected chi connectivity index (χ4v) is 6.51. The lowest BCUT2D eigenvalue weighted by molar-refractivity contribution is 0.0259. The number of nitrogens with one attached hydrogen (secondary N) is 3. The van der Waals surface area contributed by atoms with Crippen LogP contribution in [0.15, 0.2) is 35.6 Å². The molecule has 3 aliphatic rings. The van der Waals surface area contributed by atoms with Crippen LogP contribution in [0.1, 0.15) is 53.7 Å². The number of aryl methyl sites for hydroxylation is 1. The van der Waals surface area contributed by atoms with Crippen LogP contribution in [0.25, 0.3) is 0 Å². The number of H-pyrrole nitrogens is 1. The SMILES string of the molecule is Cc1cc(Nc2nc(NC3C[C@H]4CCC[C@@H](C3)N4C(=O)c3ccncc3)nc3c2CCS3)n[nH]1. The number of amides is 1. The van der Waals surface area contributed by atoms with E-state index in [9.17, 15) is 4.79 Å². The molecule has 3 aliphatic heterocycles. The van der Waals surface area contributed by atoms with Gasteiger partial charge in [-0.25, -0.2) is 4.98 Å². The zero-order chi connectivity index (χ0) is 23.1. The van der Waals surface area contributed by atoms with Crippen molar-refractivity contribution in [2.24, 2.45) is 0 Å². The number of rotatable bonds is 5. The van der Waals surface area contributed by atoms with Gasteiger partial charge in [0.1, 0.15) is 10.8 Å². The van der Waals surface area contributed by atoms with Crippen LogP contribution >= 0.6 is 11.8 Å². The molecule has 0 aliphatic carbocycles. The Labute approximate surface area is 202 Å². The molecular weight excluding hydrogens is 448 g/mol. The number of thioether (sulfide) groups is 1. The highest BCUT2D eigenvalue weighted by Gasteiger charge is 2.41. The van der Waals surface area contributed by atoms with Crippen molar-refractivity contribution < 1.29 is 4.79 Å². The Morgan fingerprint density at radius 3 is 2.71 bits per heavy atom. The summed E-state index contributed by atoms with van der Waals surface area (Å²) in [5.41, 5.74) is 2.88. The van der Waals surface area contributed by atoms with Crippen molar-refractivity contribution in [3.05, 3.63) is 47.4 Å². The van der Waals surface area contributed by atoms with Gasteiger partial charge in [-0.3, -0.25) is 14.9 Å². The highest BCUT2D eigenvalue weighted by Crippen LogP contribution is 2.38. The minimum Gasteiger partial charge on any atom is -0.351 e. The molecule has 3 aromatic rings. The third-order valence-corrected chi connectivity index (χ3v) is 8.00. The Balaban J connectivity index is 1.21.